The van der Waals surface area contributed by atoms with Gasteiger partial charge in [0.2, 0.25) is 5.95 Å². The molecule has 1 saturated heterocycles. The molecule has 0 radical (unpaired) electrons. The molecule has 0 aliphatic carbocycles. The highest BCUT2D eigenvalue weighted by Gasteiger charge is 2.28. The Morgan fingerprint density at radius 2 is 2.00 bits per heavy atom. The Kier molecular flexibility index (Phi) is 4.42. The lowest BCUT2D eigenvalue weighted by Crippen LogP contribution is -2.53. The van der Waals surface area contributed by atoms with Crippen LogP contribution in [0.1, 0.15) is 24.7 Å². The van der Waals surface area contributed by atoms with Gasteiger partial charge in [-0.3, -0.25) is 0 Å². The van der Waals surface area contributed by atoms with E-state index >= 15 is 0 Å². The topological polar surface area (TPSA) is 56.0 Å². The van der Waals surface area contributed by atoms with Crippen LogP contribution in [0, 0.1) is 18.3 Å². The minimum atomic E-state index is 0.345. The van der Waals surface area contributed by atoms with E-state index in [1.165, 1.54) is 5.69 Å². The number of benzene rings is 1. The summed E-state index contributed by atoms with van der Waals surface area (Å²) in [5.74, 6) is 0.682. The van der Waals surface area contributed by atoms with Crippen molar-refractivity contribution < 1.29 is 0 Å². The molecule has 2 aromatic rings. The van der Waals surface area contributed by atoms with Gasteiger partial charge < -0.3 is 9.80 Å². The Morgan fingerprint density at radius 1 is 1.22 bits per heavy atom. The van der Waals surface area contributed by atoms with E-state index in [0.29, 0.717) is 17.7 Å². The third-order valence-corrected chi connectivity index (χ3v) is 4.29. The molecule has 1 aliphatic heterocycles. The van der Waals surface area contributed by atoms with Gasteiger partial charge in [0, 0.05) is 37.1 Å². The molecule has 0 bridgehead atoms. The molecule has 3 rings (SSSR count). The SMILES string of the molecule is CCC1CN(c2ccccc2)CCN1c1nc(C)cc(C#N)n1. The van der Waals surface area contributed by atoms with E-state index in [4.69, 9.17) is 5.26 Å². The lowest BCUT2D eigenvalue weighted by Gasteiger charge is -2.42. The number of anilines is 2. The van der Waals surface area contributed by atoms with E-state index in [2.05, 4.69) is 57.0 Å². The van der Waals surface area contributed by atoms with E-state index in [9.17, 15) is 0 Å². The molecule has 118 valence electrons. The molecule has 0 saturated carbocycles. The van der Waals surface area contributed by atoms with E-state index in [0.717, 1.165) is 31.7 Å². The van der Waals surface area contributed by atoms with Crippen LogP contribution in [0.25, 0.3) is 0 Å². The molecule has 1 aromatic heterocycles. The summed E-state index contributed by atoms with van der Waals surface area (Å²) in [5, 5.41) is 9.13. The van der Waals surface area contributed by atoms with Gasteiger partial charge >= 0.3 is 0 Å². The van der Waals surface area contributed by atoms with Gasteiger partial charge in [-0.05, 0) is 31.5 Å². The minimum absolute atomic E-state index is 0.345. The second-order valence-corrected chi connectivity index (χ2v) is 5.84. The number of rotatable bonds is 3. The first-order valence-electron chi connectivity index (χ1n) is 8.03. The van der Waals surface area contributed by atoms with Gasteiger partial charge in [-0.2, -0.15) is 5.26 Å². The van der Waals surface area contributed by atoms with Crippen LogP contribution in [0.5, 0.6) is 0 Å². The van der Waals surface area contributed by atoms with Gasteiger partial charge in [0.05, 0.1) is 0 Å². The van der Waals surface area contributed by atoms with Crippen LogP contribution < -0.4 is 9.80 Å². The van der Waals surface area contributed by atoms with Crippen molar-refractivity contribution in [3.05, 3.63) is 47.8 Å². The van der Waals surface area contributed by atoms with Crippen molar-refractivity contribution in [2.75, 3.05) is 29.4 Å². The fourth-order valence-electron chi connectivity index (χ4n) is 3.08. The van der Waals surface area contributed by atoms with Crippen LogP contribution in [0.4, 0.5) is 11.6 Å². The van der Waals surface area contributed by atoms with Crippen LogP contribution in [0.2, 0.25) is 0 Å². The van der Waals surface area contributed by atoms with Crippen molar-refractivity contribution in [1.29, 1.82) is 5.26 Å². The number of nitrogens with zero attached hydrogens (tertiary/aromatic N) is 5. The Labute approximate surface area is 137 Å². The molecule has 0 N–H and O–H groups in total. The Morgan fingerprint density at radius 3 is 2.70 bits per heavy atom. The van der Waals surface area contributed by atoms with Crippen molar-refractivity contribution in [3.8, 4) is 6.07 Å². The second kappa shape index (κ2) is 6.66. The zero-order valence-electron chi connectivity index (χ0n) is 13.6. The van der Waals surface area contributed by atoms with E-state index < -0.39 is 0 Å². The molecule has 1 aromatic carbocycles. The van der Waals surface area contributed by atoms with Crippen molar-refractivity contribution in [1.82, 2.24) is 9.97 Å². The molecule has 5 nitrogen and oxygen atoms in total. The average molecular weight is 307 g/mol. The lowest BCUT2D eigenvalue weighted by atomic mass is 10.1. The van der Waals surface area contributed by atoms with Gasteiger partial charge in [0.15, 0.2) is 0 Å². The molecule has 0 amide bonds. The molecule has 1 unspecified atom stereocenters. The van der Waals surface area contributed by atoms with Crippen molar-refractivity contribution in [2.45, 2.75) is 26.3 Å². The molecule has 1 fully saturated rings. The van der Waals surface area contributed by atoms with Crippen LogP contribution in [0.15, 0.2) is 36.4 Å². The number of aryl methyl sites for hydroxylation is 1. The fraction of sp³-hybridized carbons (Fsp3) is 0.389. The summed E-state index contributed by atoms with van der Waals surface area (Å²) in [6.45, 7) is 6.83. The maximum atomic E-state index is 9.13. The molecule has 23 heavy (non-hydrogen) atoms. The molecule has 5 heteroatoms. The van der Waals surface area contributed by atoms with E-state index in [1.54, 1.807) is 6.07 Å². The standard InChI is InChI=1S/C18H21N5/c1-3-16-13-22(17-7-5-4-6-8-17)9-10-23(16)18-20-14(2)11-15(12-19)21-18/h4-8,11,16H,3,9-10,13H2,1-2H3. The Bertz CT molecular complexity index is 707. The summed E-state index contributed by atoms with van der Waals surface area (Å²) in [5.41, 5.74) is 2.54. The maximum absolute atomic E-state index is 9.13. The number of aromatic nitrogens is 2. The first-order valence-corrected chi connectivity index (χ1v) is 8.03. The van der Waals surface area contributed by atoms with Gasteiger partial charge in [-0.25, -0.2) is 9.97 Å². The zero-order chi connectivity index (χ0) is 16.2. The second-order valence-electron chi connectivity index (χ2n) is 5.84. The normalized spacial score (nSPS) is 17.9. The predicted molar refractivity (Wildman–Crippen MR) is 91.6 cm³/mol. The van der Waals surface area contributed by atoms with Crippen molar-refractivity contribution >= 4 is 11.6 Å². The number of nitriles is 1. The van der Waals surface area contributed by atoms with Crippen molar-refractivity contribution in [3.63, 3.8) is 0 Å². The summed E-state index contributed by atoms with van der Waals surface area (Å²) < 4.78 is 0. The minimum Gasteiger partial charge on any atom is -0.368 e. The first-order chi connectivity index (χ1) is 11.2. The molecule has 1 atom stereocenters. The highest BCUT2D eigenvalue weighted by Crippen LogP contribution is 2.23. The summed E-state index contributed by atoms with van der Waals surface area (Å²) in [6.07, 6.45) is 1.02. The monoisotopic (exact) mass is 307 g/mol. The first kappa shape index (κ1) is 15.3. The van der Waals surface area contributed by atoms with E-state index in [1.807, 2.05) is 13.0 Å². The van der Waals surface area contributed by atoms with Crippen LogP contribution in [-0.4, -0.2) is 35.6 Å². The highest BCUT2D eigenvalue weighted by molar-refractivity contribution is 5.49. The molecule has 2 heterocycles. The zero-order valence-corrected chi connectivity index (χ0v) is 13.6. The van der Waals surface area contributed by atoms with Gasteiger partial charge in [0.1, 0.15) is 11.8 Å². The smallest absolute Gasteiger partial charge is 0.227 e. The highest BCUT2D eigenvalue weighted by atomic mass is 15.3. The number of para-hydroxylation sites is 1. The summed E-state index contributed by atoms with van der Waals surface area (Å²) in [4.78, 5) is 13.6. The fourth-order valence-corrected chi connectivity index (χ4v) is 3.08. The van der Waals surface area contributed by atoms with E-state index in [-0.39, 0.29) is 0 Å². The predicted octanol–water partition coefficient (Wildman–Crippen LogP) is 2.76. The molecule has 0 spiro atoms. The largest absolute Gasteiger partial charge is 0.368 e. The Balaban J connectivity index is 1.83. The van der Waals surface area contributed by atoms with Crippen molar-refractivity contribution in [2.24, 2.45) is 0 Å². The summed E-state index contributed by atoms with van der Waals surface area (Å²) in [6, 6.07) is 14.7. The maximum Gasteiger partial charge on any atom is 0.227 e. The summed E-state index contributed by atoms with van der Waals surface area (Å²) >= 11 is 0. The number of hydrogen-bond donors (Lipinski definition) is 0. The molecular formula is C18H21N5. The summed E-state index contributed by atoms with van der Waals surface area (Å²) in [7, 11) is 0. The van der Waals surface area contributed by atoms with Gasteiger partial charge in [0.25, 0.3) is 0 Å². The van der Waals surface area contributed by atoms with Crippen LogP contribution in [0.3, 0.4) is 0 Å². The number of hydrogen-bond acceptors (Lipinski definition) is 5. The number of piperazine rings is 1. The Hall–Kier alpha value is -2.61. The average Bonchev–Trinajstić information content (AvgIpc) is 2.61. The third kappa shape index (κ3) is 3.26. The van der Waals surface area contributed by atoms with Gasteiger partial charge in [-0.1, -0.05) is 25.1 Å². The molecular weight excluding hydrogens is 286 g/mol. The quantitative estimate of drug-likeness (QED) is 0.872. The lowest BCUT2D eigenvalue weighted by molar-refractivity contribution is 0.500. The third-order valence-electron chi connectivity index (χ3n) is 4.29. The van der Waals surface area contributed by atoms with Crippen LogP contribution >= 0.6 is 0 Å². The molecule has 1 aliphatic rings. The van der Waals surface area contributed by atoms with Crippen LogP contribution in [-0.2, 0) is 0 Å². The van der Waals surface area contributed by atoms with Gasteiger partial charge in [-0.15, -0.1) is 0 Å².